The average Bonchev–Trinajstić information content (AvgIpc) is 3.31. The number of benzene rings is 3. The van der Waals surface area contributed by atoms with Gasteiger partial charge in [-0.1, -0.05) is 78.9 Å². The van der Waals surface area contributed by atoms with Crippen LogP contribution >= 0.6 is 0 Å². The van der Waals surface area contributed by atoms with E-state index in [0.717, 1.165) is 27.6 Å². The number of para-hydroxylation sites is 1. The van der Waals surface area contributed by atoms with Gasteiger partial charge in [0.05, 0.1) is 0 Å². The van der Waals surface area contributed by atoms with Gasteiger partial charge in [-0.05, 0) is 23.3 Å². The predicted octanol–water partition coefficient (Wildman–Crippen LogP) is 4.62. The summed E-state index contributed by atoms with van der Waals surface area (Å²) in [5.41, 5.74) is 4.05. The normalized spacial score (nSPS) is 19.1. The monoisotopic (exact) mass is 350 g/mol. The Labute approximate surface area is 157 Å². The van der Waals surface area contributed by atoms with E-state index in [9.17, 15) is 4.79 Å². The summed E-state index contributed by atoms with van der Waals surface area (Å²) in [6, 6.07) is 28.1. The van der Waals surface area contributed by atoms with Crippen molar-refractivity contribution in [2.75, 3.05) is 0 Å². The lowest BCUT2D eigenvalue weighted by Gasteiger charge is -2.28. The first-order valence-electron chi connectivity index (χ1n) is 9.01. The van der Waals surface area contributed by atoms with Crippen molar-refractivity contribution in [1.82, 2.24) is 10.3 Å². The third-order valence-electron chi connectivity index (χ3n) is 5.24. The van der Waals surface area contributed by atoms with Crippen LogP contribution in [0.25, 0.3) is 16.5 Å². The topological polar surface area (TPSA) is 44.9 Å². The third-order valence-corrected chi connectivity index (χ3v) is 5.24. The summed E-state index contributed by atoms with van der Waals surface area (Å²) < 4.78 is 0. The molecule has 0 bridgehead atoms. The molecular formula is C24H18N2O. The van der Waals surface area contributed by atoms with Gasteiger partial charge in [0, 0.05) is 28.2 Å². The first-order chi connectivity index (χ1) is 13.3. The van der Waals surface area contributed by atoms with E-state index in [2.05, 4.69) is 40.6 Å². The van der Waals surface area contributed by atoms with Crippen molar-refractivity contribution in [2.45, 2.75) is 5.54 Å². The molecule has 0 spiro atoms. The summed E-state index contributed by atoms with van der Waals surface area (Å²) in [5.74, 6) is -0.0599. The number of aromatic nitrogens is 1. The summed E-state index contributed by atoms with van der Waals surface area (Å²) in [6.45, 7) is 0. The lowest BCUT2D eigenvalue weighted by molar-refractivity contribution is -0.115. The molecule has 2 N–H and O–H groups in total. The highest BCUT2D eigenvalue weighted by atomic mass is 16.2. The van der Waals surface area contributed by atoms with Crippen molar-refractivity contribution in [3.8, 4) is 0 Å². The van der Waals surface area contributed by atoms with Crippen LogP contribution in [0.2, 0.25) is 0 Å². The van der Waals surface area contributed by atoms with Crippen LogP contribution in [0.15, 0.2) is 97.2 Å². The van der Waals surface area contributed by atoms with Crippen molar-refractivity contribution in [3.63, 3.8) is 0 Å². The Kier molecular flexibility index (Phi) is 3.47. The van der Waals surface area contributed by atoms with Crippen LogP contribution in [0.5, 0.6) is 0 Å². The first-order valence-corrected chi connectivity index (χ1v) is 9.01. The number of carbonyl (C=O) groups excluding carboxylic acids is 1. The van der Waals surface area contributed by atoms with E-state index < -0.39 is 5.54 Å². The molecular weight excluding hydrogens is 332 g/mol. The molecule has 2 heterocycles. The molecule has 1 aliphatic rings. The number of carbonyl (C=O) groups is 1. The molecule has 1 atom stereocenters. The van der Waals surface area contributed by atoms with Gasteiger partial charge in [-0.2, -0.15) is 0 Å². The van der Waals surface area contributed by atoms with Crippen molar-refractivity contribution >= 4 is 22.4 Å². The van der Waals surface area contributed by atoms with Crippen LogP contribution < -0.4 is 5.32 Å². The third kappa shape index (κ3) is 2.40. The number of H-pyrrole nitrogens is 1. The second kappa shape index (κ2) is 5.99. The molecule has 0 aliphatic carbocycles. The number of nitrogens with one attached hydrogen (secondary N) is 2. The highest BCUT2D eigenvalue weighted by molar-refractivity contribution is 6.23. The van der Waals surface area contributed by atoms with Gasteiger partial charge < -0.3 is 10.3 Å². The Balaban J connectivity index is 1.79. The van der Waals surface area contributed by atoms with E-state index in [1.54, 1.807) is 0 Å². The Hall–Kier alpha value is -3.59. The summed E-state index contributed by atoms with van der Waals surface area (Å²) in [6.07, 6.45) is 4.07. The molecule has 3 aromatic carbocycles. The molecule has 0 saturated heterocycles. The molecule has 1 aliphatic heterocycles. The maximum absolute atomic E-state index is 13.0. The average molecular weight is 350 g/mol. The van der Waals surface area contributed by atoms with Gasteiger partial charge in [0.2, 0.25) is 0 Å². The van der Waals surface area contributed by atoms with Crippen molar-refractivity contribution < 1.29 is 4.79 Å². The van der Waals surface area contributed by atoms with Crippen LogP contribution in [0, 0.1) is 0 Å². The zero-order chi connectivity index (χ0) is 18.3. The summed E-state index contributed by atoms with van der Waals surface area (Å²) in [4.78, 5) is 16.4. The fourth-order valence-corrected chi connectivity index (χ4v) is 3.95. The minimum absolute atomic E-state index is 0.0599. The fraction of sp³-hybridized carbons (Fsp3) is 0.0417. The second-order valence-corrected chi connectivity index (χ2v) is 6.80. The molecule has 0 radical (unpaired) electrons. The number of hydrogen-bond acceptors (Lipinski definition) is 1. The van der Waals surface area contributed by atoms with Gasteiger partial charge in [0.1, 0.15) is 5.54 Å². The van der Waals surface area contributed by atoms with Crippen LogP contribution in [0.3, 0.4) is 0 Å². The summed E-state index contributed by atoms with van der Waals surface area (Å²) >= 11 is 0. The van der Waals surface area contributed by atoms with Crippen molar-refractivity contribution in [1.29, 1.82) is 0 Å². The zero-order valence-corrected chi connectivity index (χ0v) is 14.6. The Morgan fingerprint density at radius 2 is 1.41 bits per heavy atom. The molecule has 27 heavy (non-hydrogen) atoms. The Morgan fingerprint density at radius 1 is 0.741 bits per heavy atom. The van der Waals surface area contributed by atoms with E-state index in [0.29, 0.717) is 5.57 Å². The fourth-order valence-electron chi connectivity index (χ4n) is 3.95. The van der Waals surface area contributed by atoms with Crippen LogP contribution in [0.1, 0.15) is 16.7 Å². The van der Waals surface area contributed by atoms with Crippen molar-refractivity contribution in [2.24, 2.45) is 0 Å². The molecule has 0 saturated carbocycles. The molecule has 0 fully saturated rings. The van der Waals surface area contributed by atoms with Gasteiger partial charge in [-0.25, -0.2) is 0 Å². The van der Waals surface area contributed by atoms with E-state index in [1.807, 2.05) is 66.9 Å². The van der Waals surface area contributed by atoms with Crippen LogP contribution in [-0.4, -0.2) is 10.9 Å². The highest BCUT2D eigenvalue weighted by Gasteiger charge is 2.42. The smallest absolute Gasteiger partial charge is 0.252 e. The molecule has 4 aromatic rings. The Bertz CT molecular complexity index is 1160. The van der Waals surface area contributed by atoms with E-state index in [1.165, 1.54) is 0 Å². The molecule has 5 rings (SSSR count). The lowest BCUT2D eigenvalue weighted by atomic mass is 9.83. The lowest BCUT2D eigenvalue weighted by Crippen LogP contribution is -2.40. The molecule has 1 amide bonds. The number of rotatable bonds is 3. The van der Waals surface area contributed by atoms with E-state index in [4.69, 9.17) is 0 Å². The number of aromatic amines is 1. The number of fused-ring (bicyclic) bond motifs is 1. The van der Waals surface area contributed by atoms with Gasteiger partial charge in [-0.3, -0.25) is 4.79 Å². The van der Waals surface area contributed by atoms with E-state index >= 15 is 0 Å². The van der Waals surface area contributed by atoms with Gasteiger partial charge in [0.15, 0.2) is 0 Å². The summed E-state index contributed by atoms with van der Waals surface area (Å²) in [7, 11) is 0. The van der Waals surface area contributed by atoms with Gasteiger partial charge in [-0.15, -0.1) is 0 Å². The maximum Gasteiger partial charge on any atom is 0.252 e. The maximum atomic E-state index is 13.0. The van der Waals surface area contributed by atoms with Gasteiger partial charge >= 0.3 is 0 Å². The predicted molar refractivity (Wildman–Crippen MR) is 108 cm³/mol. The van der Waals surface area contributed by atoms with Crippen LogP contribution in [-0.2, 0) is 10.3 Å². The van der Waals surface area contributed by atoms with Crippen molar-refractivity contribution in [3.05, 3.63) is 114 Å². The SMILES string of the molecule is O=C1NC(c2ccccc2)(c2c[nH]c3ccccc23)C=C1c1ccccc1. The van der Waals surface area contributed by atoms with Crippen LogP contribution in [0.4, 0.5) is 0 Å². The molecule has 3 heteroatoms. The molecule has 3 nitrogen and oxygen atoms in total. The largest absolute Gasteiger partial charge is 0.361 e. The molecule has 1 aromatic heterocycles. The second-order valence-electron chi connectivity index (χ2n) is 6.80. The Morgan fingerprint density at radius 3 is 2.19 bits per heavy atom. The summed E-state index contributed by atoms with van der Waals surface area (Å²) in [5, 5.41) is 4.38. The van der Waals surface area contributed by atoms with Gasteiger partial charge in [0.25, 0.3) is 5.91 Å². The highest BCUT2D eigenvalue weighted by Crippen LogP contribution is 2.41. The minimum atomic E-state index is -0.705. The number of hydrogen-bond donors (Lipinski definition) is 2. The zero-order valence-electron chi connectivity index (χ0n) is 14.6. The molecule has 130 valence electrons. The number of amides is 1. The quantitative estimate of drug-likeness (QED) is 0.556. The first kappa shape index (κ1) is 15.6. The van der Waals surface area contributed by atoms with E-state index in [-0.39, 0.29) is 5.91 Å². The molecule has 1 unspecified atom stereocenters. The standard InChI is InChI=1S/C24H18N2O/c27-23-20(17-9-3-1-4-10-17)15-24(26-23,18-11-5-2-6-12-18)21-16-25-22-14-8-7-13-19(21)22/h1-16,25H,(H,26,27). The minimum Gasteiger partial charge on any atom is -0.361 e.